The van der Waals surface area contributed by atoms with E-state index in [1.807, 2.05) is 38.1 Å². The van der Waals surface area contributed by atoms with Gasteiger partial charge in [0.2, 0.25) is 5.91 Å². The Morgan fingerprint density at radius 2 is 1.89 bits per heavy atom. The van der Waals surface area contributed by atoms with Crippen LogP contribution in [0.15, 0.2) is 28.7 Å². The summed E-state index contributed by atoms with van der Waals surface area (Å²) in [5, 5.41) is 2.86. The molecule has 0 aliphatic rings. The highest BCUT2D eigenvalue weighted by Crippen LogP contribution is 2.20. The average Bonchev–Trinajstić information content (AvgIpc) is 2.26. The smallest absolute Gasteiger partial charge is 0.244 e. The molecule has 1 aromatic rings. The van der Waals surface area contributed by atoms with E-state index in [-0.39, 0.29) is 18.3 Å². The molecule has 1 unspecified atom stereocenters. The second-order valence-corrected chi connectivity index (χ2v) is 5.73. The van der Waals surface area contributed by atoms with Gasteiger partial charge in [0.05, 0.1) is 0 Å². The molecule has 5 heteroatoms. The lowest BCUT2D eigenvalue weighted by Gasteiger charge is -2.24. The summed E-state index contributed by atoms with van der Waals surface area (Å²) in [5.74, 6) is 0.271. The molecule has 0 heterocycles. The Labute approximate surface area is 123 Å². The van der Waals surface area contributed by atoms with Gasteiger partial charge in [-0.3, -0.25) is 4.79 Å². The van der Waals surface area contributed by atoms with E-state index in [4.69, 9.17) is 5.73 Å². The van der Waals surface area contributed by atoms with Crippen molar-refractivity contribution in [2.24, 2.45) is 11.7 Å². The van der Waals surface area contributed by atoms with Crippen LogP contribution >= 0.6 is 28.3 Å². The van der Waals surface area contributed by atoms with Crippen molar-refractivity contribution in [3.05, 3.63) is 34.3 Å². The van der Waals surface area contributed by atoms with Gasteiger partial charge in [0, 0.05) is 11.0 Å². The molecule has 102 valence electrons. The first-order valence-corrected chi connectivity index (χ1v) is 6.46. The normalized spacial score (nSPS) is 13.7. The average molecular weight is 336 g/mol. The summed E-state index contributed by atoms with van der Waals surface area (Å²) in [6.07, 6.45) is 0. The Morgan fingerprint density at radius 3 is 2.33 bits per heavy atom. The minimum absolute atomic E-state index is 0. The van der Waals surface area contributed by atoms with Gasteiger partial charge in [-0.2, -0.15) is 0 Å². The summed E-state index contributed by atoms with van der Waals surface area (Å²) in [4.78, 5) is 12.0. The van der Waals surface area contributed by atoms with Gasteiger partial charge >= 0.3 is 0 Å². The quantitative estimate of drug-likeness (QED) is 0.889. The molecular weight excluding hydrogens is 316 g/mol. The standard InChI is InChI=1S/C13H19BrN2O.ClH/c1-9(2)8-16-12(17)13(3,15)10-4-6-11(14)7-5-10;/h4-7,9H,8,15H2,1-3H3,(H,16,17);1H. The van der Waals surface area contributed by atoms with Crippen LogP contribution in [-0.4, -0.2) is 12.5 Å². The summed E-state index contributed by atoms with van der Waals surface area (Å²) < 4.78 is 0.972. The third-order valence-corrected chi connectivity index (χ3v) is 3.12. The van der Waals surface area contributed by atoms with Crippen LogP contribution in [0, 0.1) is 5.92 Å². The largest absolute Gasteiger partial charge is 0.354 e. The third kappa shape index (κ3) is 4.59. The maximum atomic E-state index is 12.0. The molecule has 0 radical (unpaired) electrons. The van der Waals surface area contributed by atoms with Gasteiger partial charge in [0.25, 0.3) is 0 Å². The van der Waals surface area contributed by atoms with Gasteiger partial charge in [-0.1, -0.05) is 41.9 Å². The number of benzene rings is 1. The van der Waals surface area contributed by atoms with Crippen molar-refractivity contribution in [1.82, 2.24) is 5.32 Å². The number of rotatable bonds is 4. The fourth-order valence-electron chi connectivity index (χ4n) is 1.41. The molecule has 3 nitrogen and oxygen atoms in total. The minimum atomic E-state index is -0.990. The maximum Gasteiger partial charge on any atom is 0.244 e. The predicted molar refractivity (Wildman–Crippen MR) is 80.8 cm³/mol. The van der Waals surface area contributed by atoms with Crippen molar-refractivity contribution in [2.45, 2.75) is 26.3 Å². The maximum absolute atomic E-state index is 12.0. The molecular formula is C13H20BrClN2O. The lowest BCUT2D eigenvalue weighted by atomic mass is 9.92. The Morgan fingerprint density at radius 1 is 1.39 bits per heavy atom. The van der Waals surface area contributed by atoms with Gasteiger partial charge in [-0.25, -0.2) is 0 Å². The van der Waals surface area contributed by atoms with E-state index < -0.39 is 5.54 Å². The predicted octanol–water partition coefficient (Wildman–Crippen LogP) is 2.82. The van der Waals surface area contributed by atoms with Gasteiger partial charge in [-0.15, -0.1) is 12.4 Å². The van der Waals surface area contributed by atoms with Crippen molar-refractivity contribution >= 4 is 34.2 Å². The van der Waals surface area contributed by atoms with E-state index in [9.17, 15) is 4.79 Å². The molecule has 1 atom stereocenters. The SMILES string of the molecule is CC(C)CNC(=O)C(C)(N)c1ccc(Br)cc1.Cl. The Bertz CT molecular complexity index is 390. The van der Waals surface area contributed by atoms with Crippen LogP contribution in [0.1, 0.15) is 26.3 Å². The second kappa shape index (κ2) is 7.12. The first-order chi connectivity index (χ1) is 7.84. The van der Waals surface area contributed by atoms with E-state index >= 15 is 0 Å². The lowest BCUT2D eigenvalue weighted by molar-refractivity contribution is -0.126. The molecule has 0 saturated heterocycles. The van der Waals surface area contributed by atoms with Gasteiger partial charge in [0.15, 0.2) is 0 Å². The molecule has 1 aromatic carbocycles. The van der Waals surface area contributed by atoms with Crippen molar-refractivity contribution in [2.75, 3.05) is 6.54 Å². The van der Waals surface area contributed by atoms with E-state index in [1.54, 1.807) is 6.92 Å². The number of hydrogen-bond donors (Lipinski definition) is 2. The summed E-state index contributed by atoms with van der Waals surface area (Å²) in [6, 6.07) is 7.49. The minimum Gasteiger partial charge on any atom is -0.354 e. The van der Waals surface area contributed by atoms with E-state index in [1.165, 1.54) is 0 Å². The molecule has 0 aliphatic carbocycles. The molecule has 1 rings (SSSR count). The van der Waals surface area contributed by atoms with Crippen LogP contribution in [0.2, 0.25) is 0 Å². The van der Waals surface area contributed by atoms with Crippen LogP contribution in [-0.2, 0) is 10.3 Å². The number of nitrogens with two attached hydrogens (primary N) is 1. The molecule has 0 fully saturated rings. The molecule has 3 N–H and O–H groups in total. The Balaban J connectivity index is 0.00000289. The highest BCUT2D eigenvalue weighted by molar-refractivity contribution is 9.10. The first kappa shape index (κ1) is 17.4. The van der Waals surface area contributed by atoms with Crippen molar-refractivity contribution in [3.8, 4) is 0 Å². The van der Waals surface area contributed by atoms with Gasteiger partial charge in [-0.05, 0) is 30.5 Å². The number of carbonyl (C=O) groups is 1. The van der Waals surface area contributed by atoms with Crippen LogP contribution < -0.4 is 11.1 Å². The zero-order chi connectivity index (χ0) is 13.1. The van der Waals surface area contributed by atoms with Crippen molar-refractivity contribution in [3.63, 3.8) is 0 Å². The van der Waals surface area contributed by atoms with E-state index in [2.05, 4.69) is 21.2 Å². The van der Waals surface area contributed by atoms with Crippen molar-refractivity contribution in [1.29, 1.82) is 0 Å². The molecule has 0 bridgehead atoms. The molecule has 18 heavy (non-hydrogen) atoms. The highest BCUT2D eigenvalue weighted by atomic mass is 79.9. The fraction of sp³-hybridized carbons (Fsp3) is 0.462. The number of nitrogens with one attached hydrogen (secondary N) is 1. The van der Waals surface area contributed by atoms with Gasteiger partial charge < -0.3 is 11.1 Å². The molecule has 0 aliphatic heterocycles. The van der Waals surface area contributed by atoms with Crippen molar-refractivity contribution < 1.29 is 4.79 Å². The summed E-state index contributed by atoms with van der Waals surface area (Å²) in [7, 11) is 0. The third-order valence-electron chi connectivity index (χ3n) is 2.59. The second-order valence-electron chi connectivity index (χ2n) is 4.81. The number of carbonyl (C=O) groups excluding carboxylic acids is 1. The molecule has 0 spiro atoms. The molecule has 0 aromatic heterocycles. The zero-order valence-electron chi connectivity index (χ0n) is 10.9. The van der Waals surface area contributed by atoms with Crippen LogP contribution in [0.4, 0.5) is 0 Å². The topological polar surface area (TPSA) is 55.1 Å². The lowest BCUT2D eigenvalue weighted by Crippen LogP contribution is -2.49. The van der Waals surface area contributed by atoms with Crippen LogP contribution in [0.3, 0.4) is 0 Å². The number of hydrogen-bond acceptors (Lipinski definition) is 2. The highest BCUT2D eigenvalue weighted by Gasteiger charge is 2.30. The summed E-state index contributed by atoms with van der Waals surface area (Å²) in [6.45, 7) is 6.47. The fourth-order valence-corrected chi connectivity index (χ4v) is 1.67. The summed E-state index contributed by atoms with van der Waals surface area (Å²) >= 11 is 3.36. The molecule has 1 amide bonds. The van der Waals surface area contributed by atoms with Gasteiger partial charge in [0.1, 0.15) is 5.54 Å². The first-order valence-electron chi connectivity index (χ1n) is 5.67. The van der Waals surface area contributed by atoms with E-state index in [0.29, 0.717) is 12.5 Å². The van der Waals surface area contributed by atoms with Crippen LogP contribution in [0.5, 0.6) is 0 Å². The Hall–Kier alpha value is -0.580. The van der Waals surface area contributed by atoms with Crippen LogP contribution in [0.25, 0.3) is 0 Å². The molecule has 0 saturated carbocycles. The van der Waals surface area contributed by atoms with E-state index in [0.717, 1.165) is 10.0 Å². The summed E-state index contributed by atoms with van der Waals surface area (Å²) in [5.41, 5.74) is 5.91. The monoisotopic (exact) mass is 334 g/mol. The zero-order valence-corrected chi connectivity index (χ0v) is 13.3. The number of halogens is 2. The Kier molecular flexibility index (Phi) is 6.89. The number of amides is 1.